The van der Waals surface area contributed by atoms with Crippen LogP contribution in [0.3, 0.4) is 0 Å². The van der Waals surface area contributed by atoms with Gasteiger partial charge in [0.15, 0.2) is 5.82 Å². The second kappa shape index (κ2) is 7.66. The minimum atomic E-state index is -0.352. The summed E-state index contributed by atoms with van der Waals surface area (Å²) in [5, 5.41) is 4.38. The van der Waals surface area contributed by atoms with E-state index in [1.54, 1.807) is 29.1 Å². The van der Waals surface area contributed by atoms with Gasteiger partial charge in [0.1, 0.15) is 5.56 Å². The van der Waals surface area contributed by atoms with E-state index in [1.165, 1.54) is 4.88 Å². The number of pyridine rings is 1. The van der Waals surface area contributed by atoms with E-state index in [0.29, 0.717) is 24.4 Å². The van der Waals surface area contributed by atoms with Crippen LogP contribution < -0.4 is 0 Å². The normalized spacial score (nSPS) is 10.7. The molecule has 0 saturated carbocycles. The molecule has 0 aliphatic carbocycles. The number of carbonyl (C=O) groups is 1. The fraction of sp³-hybridized carbons (Fsp3) is 0.250. The van der Waals surface area contributed by atoms with Crippen LogP contribution in [0, 0.1) is 6.92 Å². The van der Waals surface area contributed by atoms with Gasteiger partial charge in [-0.15, -0.1) is 11.3 Å². The van der Waals surface area contributed by atoms with Crippen molar-refractivity contribution >= 4 is 23.4 Å². The quantitative estimate of drug-likeness (QED) is 0.593. The fourth-order valence-electron chi connectivity index (χ4n) is 2.84. The molecule has 0 N–H and O–H groups in total. The van der Waals surface area contributed by atoms with Crippen LogP contribution in [-0.4, -0.2) is 27.3 Å². The number of thiophene rings is 1. The van der Waals surface area contributed by atoms with Crippen LogP contribution in [0.5, 0.6) is 0 Å². The van der Waals surface area contributed by atoms with E-state index in [0.717, 1.165) is 21.8 Å². The molecule has 0 aliphatic heterocycles. The second-order valence-electron chi connectivity index (χ2n) is 5.72. The van der Waals surface area contributed by atoms with E-state index >= 15 is 0 Å². The summed E-state index contributed by atoms with van der Waals surface area (Å²) in [6.45, 7) is 10.1. The van der Waals surface area contributed by atoms with Crippen molar-refractivity contribution in [1.29, 1.82) is 0 Å². The molecule has 3 aromatic rings. The monoisotopic (exact) mass is 367 g/mol. The molecule has 0 radical (unpaired) electrons. The maximum atomic E-state index is 12.1. The Morgan fingerprint density at radius 3 is 2.88 bits per heavy atom. The lowest BCUT2D eigenvalue weighted by atomic mass is 10.2. The van der Waals surface area contributed by atoms with E-state index in [9.17, 15) is 4.79 Å². The van der Waals surface area contributed by atoms with E-state index in [2.05, 4.69) is 24.7 Å². The maximum Gasteiger partial charge on any atom is 0.341 e. The lowest BCUT2D eigenvalue weighted by Crippen LogP contribution is -2.10. The van der Waals surface area contributed by atoms with Gasteiger partial charge < -0.3 is 4.74 Å². The number of aryl methyl sites for hydroxylation is 1. The molecule has 3 heterocycles. The van der Waals surface area contributed by atoms with Crippen LogP contribution in [-0.2, 0) is 11.2 Å². The summed E-state index contributed by atoms with van der Waals surface area (Å²) in [7, 11) is 0. The number of carbonyl (C=O) groups excluding carboxylic acids is 1. The van der Waals surface area contributed by atoms with Crippen LogP contribution in [0.4, 0.5) is 0 Å². The minimum Gasteiger partial charge on any atom is -0.462 e. The third kappa shape index (κ3) is 3.32. The molecule has 0 aromatic carbocycles. The molecule has 5 nitrogen and oxygen atoms in total. The number of aromatic nitrogens is 3. The molecule has 26 heavy (non-hydrogen) atoms. The smallest absolute Gasteiger partial charge is 0.341 e. The van der Waals surface area contributed by atoms with Crippen molar-refractivity contribution in [3.63, 3.8) is 0 Å². The second-order valence-corrected chi connectivity index (χ2v) is 6.97. The molecule has 0 spiro atoms. The van der Waals surface area contributed by atoms with Gasteiger partial charge in [0.25, 0.3) is 0 Å². The van der Waals surface area contributed by atoms with Crippen molar-refractivity contribution < 1.29 is 9.53 Å². The third-order valence-electron chi connectivity index (χ3n) is 3.99. The Hall–Kier alpha value is -2.73. The minimum absolute atomic E-state index is 0.336. The molecule has 0 aliphatic rings. The average Bonchev–Trinajstić information content (AvgIpc) is 3.25. The number of hydrogen-bond donors (Lipinski definition) is 0. The summed E-state index contributed by atoms with van der Waals surface area (Å²) in [5.41, 5.74) is 3.21. The molecule has 3 aromatic heterocycles. The van der Waals surface area contributed by atoms with Gasteiger partial charge in [-0.25, -0.2) is 14.5 Å². The first-order valence-electron chi connectivity index (χ1n) is 8.53. The zero-order valence-corrected chi connectivity index (χ0v) is 16.0. The molecule has 0 saturated heterocycles. The Balaban J connectivity index is 2.06. The largest absolute Gasteiger partial charge is 0.462 e. The lowest BCUT2D eigenvalue weighted by molar-refractivity contribution is 0.0525. The highest BCUT2D eigenvalue weighted by molar-refractivity contribution is 7.15. The molecule has 3 rings (SSSR count). The van der Waals surface area contributed by atoms with Crippen molar-refractivity contribution in [3.8, 4) is 16.4 Å². The van der Waals surface area contributed by atoms with Gasteiger partial charge >= 0.3 is 5.97 Å². The summed E-state index contributed by atoms with van der Waals surface area (Å²) in [6.07, 6.45) is 4.04. The Morgan fingerprint density at radius 2 is 2.19 bits per heavy atom. The van der Waals surface area contributed by atoms with Crippen LogP contribution in [0.2, 0.25) is 0 Å². The van der Waals surface area contributed by atoms with E-state index in [-0.39, 0.29) is 5.97 Å². The summed E-state index contributed by atoms with van der Waals surface area (Å²) in [5.74, 6) is 0.325. The van der Waals surface area contributed by atoms with Crippen molar-refractivity contribution in [1.82, 2.24) is 14.8 Å². The van der Waals surface area contributed by atoms with Crippen LogP contribution in [0.1, 0.15) is 40.3 Å². The molecule has 6 heteroatoms. The summed E-state index contributed by atoms with van der Waals surface area (Å²) >= 11 is 1.69. The highest BCUT2D eigenvalue weighted by atomic mass is 32.1. The predicted octanol–water partition coefficient (Wildman–Crippen LogP) is 4.69. The molecule has 0 bridgehead atoms. The van der Waals surface area contributed by atoms with E-state index in [4.69, 9.17) is 9.72 Å². The number of esters is 1. The van der Waals surface area contributed by atoms with E-state index < -0.39 is 0 Å². The first-order chi connectivity index (χ1) is 12.6. The predicted molar refractivity (Wildman–Crippen MR) is 105 cm³/mol. The van der Waals surface area contributed by atoms with Crippen LogP contribution in [0.15, 0.2) is 37.0 Å². The fourth-order valence-corrected chi connectivity index (χ4v) is 3.83. The lowest BCUT2D eigenvalue weighted by Gasteiger charge is -2.08. The zero-order chi connectivity index (χ0) is 18.7. The Kier molecular flexibility index (Phi) is 5.32. The molecule has 0 amide bonds. The van der Waals surface area contributed by atoms with Crippen LogP contribution in [0.25, 0.3) is 22.5 Å². The van der Waals surface area contributed by atoms with Gasteiger partial charge in [0.2, 0.25) is 0 Å². The Bertz CT molecular complexity index is 956. The molecule has 134 valence electrons. The van der Waals surface area contributed by atoms with Crippen LogP contribution >= 0.6 is 11.3 Å². The molecule has 0 atom stereocenters. The van der Waals surface area contributed by atoms with Gasteiger partial charge in [-0.3, -0.25) is 0 Å². The van der Waals surface area contributed by atoms with Crippen molar-refractivity contribution in [2.24, 2.45) is 0 Å². The van der Waals surface area contributed by atoms with Gasteiger partial charge in [-0.1, -0.05) is 25.6 Å². The summed E-state index contributed by atoms with van der Waals surface area (Å²) in [4.78, 5) is 19.2. The molecular weight excluding hydrogens is 346 g/mol. The summed E-state index contributed by atoms with van der Waals surface area (Å²) in [6, 6.07) is 7.91. The molecule has 0 fully saturated rings. The van der Waals surface area contributed by atoms with Crippen molar-refractivity contribution in [3.05, 3.63) is 58.7 Å². The molecular formula is C20H21N3O2S. The zero-order valence-electron chi connectivity index (χ0n) is 15.2. The first kappa shape index (κ1) is 18.1. The van der Waals surface area contributed by atoms with Gasteiger partial charge in [-0.2, -0.15) is 5.10 Å². The number of nitrogens with zero attached hydrogens (tertiary/aromatic N) is 3. The third-order valence-corrected chi connectivity index (χ3v) is 5.08. The summed E-state index contributed by atoms with van der Waals surface area (Å²) < 4.78 is 6.84. The van der Waals surface area contributed by atoms with Gasteiger partial charge in [0.05, 0.1) is 29.1 Å². The Morgan fingerprint density at radius 1 is 1.38 bits per heavy atom. The highest BCUT2D eigenvalue weighted by Gasteiger charge is 2.19. The number of ether oxygens (including phenoxy) is 1. The van der Waals surface area contributed by atoms with Crippen molar-refractivity contribution in [2.45, 2.75) is 27.2 Å². The van der Waals surface area contributed by atoms with E-state index in [1.807, 2.05) is 31.2 Å². The first-order valence-corrected chi connectivity index (χ1v) is 9.35. The van der Waals surface area contributed by atoms with Crippen molar-refractivity contribution in [2.75, 3.05) is 6.61 Å². The molecule has 0 unspecified atom stereocenters. The topological polar surface area (TPSA) is 57.0 Å². The SMILES string of the molecule is C=Cc1cc(C)sc1-c1cccc(-n2ncc(C(=O)OCC)c2CC)n1. The van der Waals surface area contributed by atoms with Gasteiger partial charge in [-0.05, 0) is 44.0 Å². The number of rotatable bonds is 6. The van der Waals surface area contributed by atoms with Gasteiger partial charge in [0, 0.05) is 4.88 Å². The Labute approximate surface area is 157 Å². The average molecular weight is 367 g/mol. The standard InChI is InChI=1S/C20H21N3O2S/c1-5-14-11-13(4)26-19(14)16-9-8-10-18(22-16)23-17(6-2)15(12-21-23)20(24)25-7-3/h5,8-12H,1,6-7H2,2-4H3. The highest BCUT2D eigenvalue weighted by Crippen LogP contribution is 2.32. The number of hydrogen-bond acceptors (Lipinski definition) is 5. The maximum absolute atomic E-state index is 12.1.